The van der Waals surface area contributed by atoms with Crippen molar-refractivity contribution in [2.45, 2.75) is 70.2 Å². The molecule has 1 aromatic rings. The maximum Gasteiger partial charge on any atom is 0.323 e. The number of ether oxygens (including phenoxy) is 1. The van der Waals surface area contributed by atoms with Crippen LogP contribution in [0.4, 0.5) is 9.93 Å². The van der Waals surface area contributed by atoms with Crippen LogP contribution in [-0.4, -0.2) is 52.0 Å². The van der Waals surface area contributed by atoms with Crippen molar-refractivity contribution < 1.29 is 14.3 Å². The number of amides is 2. The Bertz CT molecular complexity index is 630. The summed E-state index contributed by atoms with van der Waals surface area (Å²) < 4.78 is 5.55. The number of urea groups is 1. The van der Waals surface area contributed by atoms with Gasteiger partial charge in [0, 0.05) is 12.6 Å². The SMILES string of the molecule is CCOC(=O)CSc1nnc(NC(=O)N(CCC(C)C)[C@H]2CC[C@H](C)CC2)s1. The molecule has 1 heterocycles. The number of thioether (sulfide) groups is 1. The van der Waals surface area contributed by atoms with E-state index in [1.54, 1.807) is 6.92 Å². The van der Waals surface area contributed by atoms with Crippen LogP contribution in [0.1, 0.15) is 59.8 Å². The fourth-order valence-corrected chi connectivity index (χ4v) is 4.75. The summed E-state index contributed by atoms with van der Waals surface area (Å²) in [5, 5.41) is 11.5. The van der Waals surface area contributed by atoms with Crippen molar-refractivity contribution in [3.63, 3.8) is 0 Å². The van der Waals surface area contributed by atoms with Crippen molar-refractivity contribution in [3.05, 3.63) is 0 Å². The van der Waals surface area contributed by atoms with Gasteiger partial charge in [0.1, 0.15) is 0 Å². The summed E-state index contributed by atoms with van der Waals surface area (Å²) in [6, 6.07) is 0.193. The third-order valence-corrected chi connectivity index (χ3v) is 6.82. The molecule has 0 spiro atoms. The van der Waals surface area contributed by atoms with Gasteiger partial charge in [0.15, 0.2) is 4.34 Å². The largest absolute Gasteiger partial charge is 0.465 e. The number of hydrogen-bond donors (Lipinski definition) is 1. The lowest BCUT2D eigenvalue weighted by molar-refractivity contribution is -0.139. The van der Waals surface area contributed by atoms with E-state index in [1.807, 2.05) is 4.90 Å². The molecule has 9 heteroatoms. The van der Waals surface area contributed by atoms with Gasteiger partial charge < -0.3 is 9.64 Å². The van der Waals surface area contributed by atoms with Crippen LogP contribution >= 0.6 is 23.1 Å². The topological polar surface area (TPSA) is 84.4 Å². The Morgan fingerprint density at radius 3 is 2.64 bits per heavy atom. The third-order valence-electron chi connectivity index (χ3n) is 4.87. The van der Waals surface area contributed by atoms with Crippen molar-refractivity contribution in [3.8, 4) is 0 Å². The molecule has 0 aliphatic heterocycles. The van der Waals surface area contributed by atoms with Gasteiger partial charge in [-0.05, 0) is 50.9 Å². The van der Waals surface area contributed by atoms with Gasteiger partial charge in [-0.2, -0.15) is 0 Å². The lowest BCUT2D eigenvalue weighted by Gasteiger charge is -2.36. The highest BCUT2D eigenvalue weighted by molar-refractivity contribution is 8.01. The van der Waals surface area contributed by atoms with Gasteiger partial charge in [0.25, 0.3) is 0 Å². The van der Waals surface area contributed by atoms with Crippen LogP contribution in [0.3, 0.4) is 0 Å². The highest BCUT2D eigenvalue weighted by atomic mass is 32.2. The fraction of sp³-hybridized carbons (Fsp3) is 0.789. The van der Waals surface area contributed by atoms with Gasteiger partial charge in [-0.1, -0.05) is 43.9 Å². The summed E-state index contributed by atoms with van der Waals surface area (Å²) in [5.41, 5.74) is 0. The number of nitrogens with one attached hydrogen (secondary N) is 1. The van der Waals surface area contributed by atoms with Gasteiger partial charge >= 0.3 is 12.0 Å². The van der Waals surface area contributed by atoms with Crippen molar-refractivity contribution in [2.24, 2.45) is 11.8 Å². The Morgan fingerprint density at radius 2 is 2.00 bits per heavy atom. The molecule has 1 N–H and O–H groups in total. The average Bonchev–Trinajstić information content (AvgIpc) is 3.09. The van der Waals surface area contributed by atoms with E-state index in [1.165, 1.54) is 35.9 Å². The molecule has 2 amide bonds. The minimum atomic E-state index is -0.278. The molecule has 1 saturated carbocycles. The van der Waals surface area contributed by atoms with Gasteiger partial charge in [-0.25, -0.2) is 4.79 Å². The van der Waals surface area contributed by atoms with Gasteiger partial charge in [0.05, 0.1) is 12.4 Å². The molecule has 0 atom stereocenters. The second-order valence-electron chi connectivity index (χ2n) is 7.69. The maximum absolute atomic E-state index is 12.9. The summed E-state index contributed by atoms with van der Waals surface area (Å²) in [6.07, 6.45) is 5.44. The predicted octanol–water partition coefficient (Wildman–Crippen LogP) is 4.65. The van der Waals surface area contributed by atoms with Gasteiger partial charge in [0.2, 0.25) is 5.13 Å². The fourth-order valence-electron chi connectivity index (χ4n) is 3.21. The van der Waals surface area contributed by atoms with Crippen molar-refractivity contribution in [1.29, 1.82) is 0 Å². The standard InChI is InChI=1S/C19H32N4O3S2/c1-5-26-16(24)12-27-19-22-21-17(28-19)20-18(25)23(11-10-13(2)3)15-8-6-14(4)7-9-15/h13-15H,5-12H2,1-4H3,(H,20,21,25)/t14-,15-. The van der Waals surface area contributed by atoms with Crippen LogP contribution in [0.2, 0.25) is 0 Å². The monoisotopic (exact) mass is 428 g/mol. The minimum Gasteiger partial charge on any atom is -0.465 e. The van der Waals surface area contributed by atoms with Crippen molar-refractivity contribution in [1.82, 2.24) is 15.1 Å². The van der Waals surface area contributed by atoms with E-state index in [-0.39, 0.29) is 17.8 Å². The van der Waals surface area contributed by atoms with E-state index in [0.717, 1.165) is 31.7 Å². The number of rotatable bonds is 9. The van der Waals surface area contributed by atoms with E-state index in [4.69, 9.17) is 4.74 Å². The predicted molar refractivity (Wildman–Crippen MR) is 114 cm³/mol. The lowest BCUT2D eigenvalue weighted by atomic mass is 9.86. The highest BCUT2D eigenvalue weighted by Crippen LogP contribution is 2.29. The first-order valence-corrected chi connectivity index (χ1v) is 11.9. The zero-order valence-electron chi connectivity index (χ0n) is 17.3. The molecule has 1 aromatic heterocycles. The number of nitrogens with zero attached hydrogens (tertiary/aromatic N) is 3. The number of aromatic nitrogens is 2. The number of esters is 1. The Labute approximate surface area is 176 Å². The number of carbonyl (C=O) groups is 2. The summed E-state index contributed by atoms with van der Waals surface area (Å²) in [6.45, 7) is 9.53. The second-order valence-corrected chi connectivity index (χ2v) is 9.89. The molecule has 2 rings (SSSR count). The van der Waals surface area contributed by atoms with Crippen LogP contribution in [-0.2, 0) is 9.53 Å². The molecule has 1 fully saturated rings. The third kappa shape index (κ3) is 7.58. The zero-order chi connectivity index (χ0) is 20.5. The summed E-state index contributed by atoms with van der Waals surface area (Å²) in [4.78, 5) is 26.4. The molecule has 28 heavy (non-hydrogen) atoms. The quantitative estimate of drug-likeness (QED) is 0.350. The zero-order valence-corrected chi connectivity index (χ0v) is 18.9. The first-order valence-electron chi connectivity index (χ1n) is 10.1. The Kier molecular flexibility index (Phi) is 9.50. The van der Waals surface area contributed by atoms with E-state index >= 15 is 0 Å². The summed E-state index contributed by atoms with van der Waals surface area (Å²) >= 11 is 2.56. The molecule has 0 bridgehead atoms. The number of hydrogen-bond acceptors (Lipinski definition) is 7. The van der Waals surface area contributed by atoms with Crippen molar-refractivity contribution in [2.75, 3.05) is 24.2 Å². The average molecular weight is 429 g/mol. The van der Waals surface area contributed by atoms with Crippen LogP contribution in [0, 0.1) is 11.8 Å². The second kappa shape index (κ2) is 11.6. The van der Waals surface area contributed by atoms with Gasteiger partial charge in [-0.15, -0.1) is 10.2 Å². The first-order chi connectivity index (χ1) is 13.4. The summed E-state index contributed by atoms with van der Waals surface area (Å²) in [7, 11) is 0. The van der Waals surface area contributed by atoms with Crippen LogP contribution in [0.25, 0.3) is 0 Å². The van der Waals surface area contributed by atoms with E-state index < -0.39 is 0 Å². The normalized spacial score (nSPS) is 19.5. The Balaban J connectivity index is 1.93. The van der Waals surface area contributed by atoms with Gasteiger partial charge in [-0.3, -0.25) is 10.1 Å². The Hall–Kier alpha value is -1.35. The molecule has 7 nitrogen and oxygen atoms in total. The van der Waals surface area contributed by atoms with Crippen LogP contribution < -0.4 is 5.32 Å². The highest BCUT2D eigenvalue weighted by Gasteiger charge is 2.28. The molecular weight excluding hydrogens is 396 g/mol. The smallest absolute Gasteiger partial charge is 0.323 e. The molecule has 1 aliphatic rings. The molecule has 0 unspecified atom stereocenters. The number of anilines is 1. The van der Waals surface area contributed by atoms with E-state index in [2.05, 4.69) is 36.3 Å². The molecule has 1 aliphatic carbocycles. The summed E-state index contributed by atoms with van der Waals surface area (Å²) in [5.74, 6) is 1.20. The van der Waals surface area contributed by atoms with E-state index in [9.17, 15) is 9.59 Å². The minimum absolute atomic E-state index is 0.0988. The van der Waals surface area contributed by atoms with E-state index in [0.29, 0.717) is 28.0 Å². The number of carbonyl (C=O) groups excluding carboxylic acids is 2. The van der Waals surface area contributed by atoms with Crippen molar-refractivity contribution >= 4 is 40.2 Å². The molecule has 158 valence electrons. The molecule has 0 saturated heterocycles. The lowest BCUT2D eigenvalue weighted by Crippen LogP contribution is -2.45. The Morgan fingerprint density at radius 1 is 1.29 bits per heavy atom. The molecular formula is C19H32N4O3S2. The molecule has 0 aromatic carbocycles. The maximum atomic E-state index is 12.9. The molecule has 0 radical (unpaired) electrons. The van der Waals surface area contributed by atoms with Crippen LogP contribution in [0.15, 0.2) is 4.34 Å². The first kappa shape index (κ1) is 22.9. The van der Waals surface area contributed by atoms with Crippen LogP contribution in [0.5, 0.6) is 0 Å².